The van der Waals surface area contributed by atoms with E-state index in [0.717, 1.165) is 34.6 Å². The van der Waals surface area contributed by atoms with Crippen LogP contribution in [0.25, 0.3) is 11.0 Å². The molecule has 0 saturated heterocycles. The summed E-state index contributed by atoms with van der Waals surface area (Å²) in [5.41, 5.74) is 2.92. The normalized spacial score (nSPS) is 16.2. The Balaban J connectivity index is 1.59. The predicted molar refractivity (Wildman–Crippen MR) is 102 cm³/mol. The molecule has 1 aliphatic rings. The van der Waals surface area contributed by atoms with Crippen LogP contribution in [0.5, 0.6) is 0 Å². The first kappa shape index (κ1) is 16.2. The lowest BCUT2D eigenvalue weighted by Crippen LogP contribution is -2.35. The number of thioether (sulfide) groups is 1. The molecule has 1 saturated carbocycles. The van der Waals surface area contributed by atoms with Crippen LogP contribution in [0.4, 0.5) is 0 Å². The van der Waals surface area contributed by atoms with Gasteiger partial charge in [-0.15, -0.1) is 0 Å². The fraction of sp³-hybridized carbons (Fsp3) is 0.300. The van der Waals surface area contributed by atoms with Gasteiger partial charge in [-0.1, -0.05) is 67.1 Å². The molecule has 3 aromatic rings. The van der Waals surface area contributed by atoms with Crippen LogP contribution in [0.2, 0.25) is 0 Å². The van der Waals surface area contributed by atoms with Crippen LogP contribution in [0.15, 0.2) is 59.8 Å². The Morgan fingerprint density at radius 2 is 1.80 bits per heavy atom. The standard InChI is InChI=1S/C20H21N3OS/c24-19(21-15-10-4-5-11-15)18(14-8-2-1-3-9-14)25-20-22-16-12-6-7-13-17(16)23-20/h1-3,6-9,12-13,15,18H,4-5,10-11H2,(H,21,24)(H,22,23)/t18-/m1/s1. The predicted octanol–water partition coefficient (Wildman–Crippen LogP) is 4.46. The monoisotopic (exact) mass is 351 g/mol. The fourth-order valence-corrected chi connectivity index (χ4v) is 4.36. The first-order valence-electron chi connectivity index (χ1n) is 8.76. The summed E-state index contributed by atoms with van der Waals surface area (Å²) in [6.45, 7) is 0. The Bertz CT molecular complexity index is 823. The molecule has 0 radical (unpaired) electrons. The Labute approximate surface area is 151 Å². The lowest BCUT2D eigenvalue weighted by molar-refractivity contribution is -0.121. The molecular weight excluding hydrogens is 330 g/mol. The number of aromatic nitrogens is 2. The van der Waals surface area contributed by atoms with E-state index in [1.165, 1.54) is 24.6 Å². The van der Waals surface area contributed by atoms with Gasteiger partial charge in [-0.25, -0.2) is 4.98 Å². The molecule has 0 bridgehead atoms. The third-order valence-corrected chi connectivity index (χ3v) is 5.78. The smallest absolute Gasteiger partial charge is 0.238 e. The minimum atomic E-state index is -0.303. The molecule has 1 heterocycles. The van der Waals surface area contributed by atoms with Gasteiger partial charge in [-0.2, -0.15) is 0 Å². The zero-order valence-corrected chi connectivity index (χ0v) is 14.8. The number of fused-ring (bicyclic) bond motifs is 1. The molecule has 1 aromatic heterocycles. The molecular formula is C20H21N3OS. The largest absolute Gasteiger partial charge is 0.352 e. The van der Waals surface area contributed by atoms with E-state index in [0.29, 0.717) is 6.04 Å². The molecule has 128 valence electrons. The summed E-state index contributed by atoms with van der Waals surface area (Å²) in [6, 6.07) is 18.2. The van der Waals surface area contributed by atoms with Gasteiger partial charge < -0.3 is 10.3 Å². The van der Waals surface area contributed by atoms with Gasteiger partial charge in [-0.3, -0.25) is 4.79 Å². The van der Waals surface area contributed by atoms with Crippen molar-refractivity contribution in [2.75, 3.05) is 0 Å². The summed E-state index contributed by atoms with van der Waals surface area (Å²) in [5.74, 6) is 0.0727. The number of rotatable bonds is 5. The van der Waals surface area contributed by atoms with Gasteiger partial charge in [0.2, 0.25) is 5.91 Å². The molecule has 1 aliphatic carbocycles. The number of H-pyrrole nitrogens is 1. The first-order chi connectivity index (χ1) is 12.3. The molecule has 2 N–H and O–H groups in total. The van der Waals surface area contributed by atoms with Crippen molar-refractivity contribution in [2.45, 2.75) is 42.1 Å². The highest BCUT2D eigenvalue weighted by atomic mass is 32.2. The van der Waals surface area contributed by atoms with Crippen molar-refractivity contribution in [3.8, 4) is 0 Å². The lowest BCUT2D eigenvalue weighted by Gasteiger charge is -2.19. The van der Waals surface area contributed by atoms with Gasteiger partial charge in [0.15, 0.2) is 5.16 Å². The van der Waals surface area contributed by atoms with Gasteiger partial charge in [0.25, 0.3) is 0 Å². The molecule has 4 rings (SSSR count). The molecule has 25 heavy (non-hydrogen) atoms. The highest BCUT2D eigenvalue weighted by Crippen LogP contribution is 2.35. The second kappa shape index (κ2) is 7.31. The highest BCUT2D eigenvalue weighted by molar-refractivity contribution is 8.00. The van der Waals surface area contributed by atoms with Crippen molar-refractivity contribution >= 4 is 28.7 Å². The van der Waals surface area contributed by atoms with Gasteiger partial charge in [0.05, 0.1) is 11.0 Å². The molecule has 1 fully saturated rings. The highest BCUT2D eigenvalue weighted by Gasteiger charge is 2.26. The van der Waals surface area contributed by atoms with Crippen molar-refractivity contribution in [1.82, 2.24) is 15.3 Å². The Morgan fingerprint density at radius 1 is 1.08 bits per heavy atom. The first-order valence-corrected chi connectivity index (χ1v) is 9.64. The van der Waals surface area contributed by atoms with E-state index in [1.807, 2.05) is 54.6 Å². The maximum atomic E-state index is 12.9. The summed E-state index contributed by atoms with van der Waals surface area (Å²) >= 11 is 1.48. The van der Waals surface area contributed by atoms with Crippen LogP contribution in [-0.2, 0) is 4.79 Å². The van der Waals surface area contributed by atoms with E-state index in [2.05, 4.69) is 15.3 Å². The number of amides is 1. The van der Waals surface area contributed by atoms with Crippen molar-refractivity contribution in [1.29, 1.82) is 0 Å². The van der Waals surface area contributed by atoms with E-state index in [-0.39, 0.29) is 11.2 Å². The lowest BCUT2D eigenvalue weighted by atomic mass is 10.1. The number of nitrogens with zero attached hydrogens (tertiary/aromatic N) is 1. The maximum Gasteiger partial charge on any atom is 0.238 e. The molecule has 0 unspecified atom stereocenters. The van der Waals surface area contributed by atoms with Crippen LogP contribution in [-0.4, -0.2) is 21.9 Å². The van der Waals surface area contributed by atoms with Crippen LogP contribution in [0, 0.1) is 0 Å². The second-order valence-electron chi connectivity index (χ2n) is 6.46. The maximum absolute atomic E-state index is 12.9. The van der Waals surface area contributed by atoms with Gasteiger partial charge in [0, 0.05) is 6.04 Å². The summed E-state index contributed by atoms with van der Waals surface area (Å²) in [7, 11) is 0. The molecule has 0 aliphatic heterocycles. The van der Waals surface area contributed by atoms with E-state index in [1.54, 1.807) is 0 Å². The average molecular weight is 351 g/mol. The molecule has 1 amide bonds. The Hall–Kier alpha value is -2.27. The second-order valence-corrected chi connectivity index (χ2v) is 7.55. The van der Waals surface area contributed by atoms with Gasteiger partial charge >= 0.3 is 0 Å². The van der Waals surface area contributed by atoms with Gasteiger partial charge in [-0.05, 0) is 30.5 Å². The minimum Gasteiger partial charge on any atom is -0.352 e. The molecule has 0 spiro atoms. The third kappa shape index (κ3) is 3.71. The number of benzene rings is 2. The van der Waals surface area contributed by atoms with Crippen molar-refractivity contribution in [3.63, 3.8) is 0 Å². The van der Waals surface area contributed by atoms with Crippen molar-refractivity contribution in [2.24, 2.45) is 0 Å². The number of para-hydroxylation sites is 2. The number of nitrogens with one attached hydrogen (secondary N) is 2. The number of aromatic amines is 1. The van der Waals surface area contributed by atoms with E-state index in [9.17, 15) is 4.79 Å². The van der Waals surface area contributed by atoms with Crippen LogP contribution in [0.1, 0.15) is 36.5 Å². The third-order valence-electron chi connectivity index (χ3n) is 4.64. The van der Waals surface area contributed by atoms with E-state index in [4.69, 9.17) is 0 Å². The SMILES string of the molecule is O=C(NC1CCCC1)[C@H](Sc1nc2ccccc2[nH]1)c1ccccc1. The summed E-state index contributed by atoms with van der Waals surface area (Å²) < 4.78 is 0. The number of carbonyl (C=O) groups excluding carboxylic acids is 1. The molecule has 4 nitrogen and oxygen atoms in total. The van der Waals surface area contributed by atoms with Gasteiger partial charge in [0.1, 0.15) is 5.25 Å². The summed E-state index contributed by atoms with van der Waals surface area (Å²) in [4.78, 5) is 20.9. The zero-order chi connectivity index (χ0) is 17.1. The van der Waals surface area contributed by atoms with Crippen molar-refractivity contribution < 1.29 is 4.79 Å². The molecule has 2 aromatic carbocycles. The van der Waals surface area contributed by atoms with Crippen LogP contribution in [0.3, 0.4) is 0 Å². The summed E-state index contributed by atoms with van der Waals surface area (Å²) in [6.07, 6.45) is 4.58. The van der Waals surface area contributed by atoms with E-state index >= 15 is 0 Å². The molecule has 1 atom stereocenters. The number of imidazole rings is 1. The quantitative estimate of drug-likeness (QED) is 0.668. The Kier molecular flexibility index (Phi) is 4.74. The number of carbonyl (C=O) groups is 1. The Morgan fingerprint density at radius 3 is 2.56 bits per heavy atom. The van der Waals surface area contributed by atoms with Crippen LogP contribution >= 0.6 is 11.8 Å². The average Bonchev–Trinajstić information content (AvgIpc) is 3.29. The van der Waals surface area contributed by atoms with E-state index < -0.39 is 0 Å². The minimum absolute atomic E-state index is 0.0727. The number of hydrogen-bond acceptors (Lipinski definition) is 3. The number of hydrogen-bond donors (Lipinski definition) is 2. The summed E-state index contributed by atoms with van der Waals surface area (Å²) in [5, 5.41) is 3.70. The van der Waals surface area contributed by atoms with Crippen molar-refractivity contribution in [3.05, 3.63) is 60.2 Å². The van der Waals surface area contributed by atoms with Crippen LogP contribution < -0.4 is 5.32 Å². The topological polar surface area (TPSA) is 57.8 Å². The zero-order valence-electron chi connectivity index (χ0n) is 13.9. The molecule has 5 heteroatoms. The fourth-order valence-electron chi connectivity index (χ4n) is 3.34.